The third kappa shape index (κ3) is 4.20. The molecule has 122 valence electrons. The summed E-state index contributed by atoms with van der Waals surface area (Å²) >= 11 is 0. The number of carboxylic acids is 1. The second-order valence-electron chi connectivity index (χ2n) is 5.38. The molecule has 0 saturated heterocycles. The number of para-hydroxylation sites is 2. The molecule has 0 atom stereocenters. The molecule has 0 aliphatic rings. The minimum absolute atomic E-state index is 0.269. The molecule has 6 heteroatoms. The molecule has 1 aromatic carbocycles. The van der Waals surface area contributed by atoms with Crippen LogP contribution in [0.5, 0.6) is 5.75 Å². The third-order valence-corrected chi connectivity index (χ3v) is 3.31. The molecule has 0 unspecified atom stereocenters. The Morgan fingerprint density at radius 3 is 2.65 bits per heavy atom. The van der Waals surface area contributed by atoms with Crippen LogP contribution in [0, 0.1) is 0 Å². The molecule has 0 aliphatic heterocycles. The molecule has 1 heterocycles. The Kier molecular flexibility index (Phi) is 5.54. The molecule has 1 N–H and O–H groups in total. The van der Waals surface area contributed by atoms with E-state index in [9.17, 15) is 9.59 Å². The number of hydrogen-bond donors (Lipinski definition) is 1. The molecular formula is C17H20N2O4. The van der Waals surface area contributed by atoms with Crippen LogP contribution in [0.15, 0.2) is 47.4 Å². The van der Waals surface area contributed by atoms with Crippen LogP contribution in [0.4, 0.5) is 0 Å². The van der Waals surface area contributed by atoms with E-state index < -0.39 is 11.5 Å². The zero-order valence-electron chi connectivity index (χ0n) is 13.2. The maximum Gasteiger partial charge on any atom is 0.341 e. The van der Waals surface area contributed by atoms with Gasteiger partial charge in [-0.25, -0.2) is 4.79 Å². The molecule has 0 saturated carbocycles. The fraction of sp³-hybridized carbons (Fsp3) is 0.294. The fourth-order valence-electron chi connectivity index (χ4n) is 2.19. The van der Waals surface area contributed by atoms with Gasteiger partial charge in [0.15, 0.2) is 0 Å². The minimum atomic E-state index is -1.24. The molecule has 0 amide bonds. The van der Waals surface area contributed by atoms with Crippen LogP contribution in [0.1, 0.15) is 16.8 Å². The van der Waals surface area contributed by atoms with Crippen molar-refractivity contribution in [2.75, 3.05) is 27.2 Å². The number of nitrogens with zero attached hydrogens (tertiary/aromatic N) is 2. The molecule has 0 fully saturated rings. The lowest BCUT2D eigenvalue weighted by Crippen LogP contribution is -2.24. The summed E-state index contributed by atoms with van der Waals surface area (Å²) in [4.78, 5) is 25.5. The summed E-state index contributed by atoms with van der Waals surface area (Å²) in [5.74, 6) is -0.690. The van der Waals surface area contributed by atoms with Crippen molar-refractivity contribution in [1.82, 2.24) is 9.47 Å². The minimum Gasteiger partial charge on any atom is -0.491 e. The normalized spacial score (nSPS) is 10.7. The smallest absolute Gasteiger partial charge is 0.341 e. The largest absolute Gasteiger partial charge is 0.491 e. The predicted molar refractivity (Wildman–Crippen MR) is 87.7 cm³/mol. The lowest BCUT2D eigenvalue weighted by molar-refractivity contribution is 0.0694. The first-order valence-corrected chi connectivity index (χ1v) is 7.32. The Bertz CT molecular complexity index is 737. The van der Waals surface area contributed by atoms with Crippen LogP contribution < -0.4 is 10.3 Å². The van der Waals surface area contributed by atoms with Gasteiger partial charge >= 0.3 is 5.97 Å². The van der Waals surface area contributed by atoms with Gasteiger partial charge in [-0.1, -0.05) is 12.1 Å². The number of aromatic carboxylic acids is 1. The SMILES string of the molecule is CN(C)CCCOc1ccccc1-n1cccc(C(=O)O)c1=O. The van der Waals surface area contributed by atoms with Gasteiger partial charge in [-0.05, 0) is 44.8 Å². The zero-order valence-corrected chi connectivity index (χ0v) is 13.2. The molecular weight excluding hydrogens is 296 g/mol. The van der Waals surface area contributed by atoms with E-state index in [0.29, 0.717) is 18.0 Å². The number of pyridine rings is 1. The Balaban J connectivity index is 2.29. The molecule has 2 rings (SSSR count). The third-order valence-electron chi connectivity index (χ3n) is 3.31. The average molecular weight is 316 g/mol. The molecule has 2 aromatic rings. The van der Waals surface area contributed by atoms with E-state index in [1.165, 1.54) is 22.9 Å². The van der Waals surface area contributed by atoms with Crippen molar-refractivity contribution < 1.29 is 14.6 Å². The first-order chi connectivity index (χ1) is 11.0. The van der Waals surface area contributed by atoms with Gasteiger partial charge in [-0.3, -0.25) is 9.36 Å². The van der Waals surface area contributed by atoms with Crippen molar-refractivity contribution >= 4 is 5.97 Å². The van der Waals surface area contributed by atoms with Gasteiger partial charge in [0.1, 0.15) is 11.3 Å². The van der Waals surface area contributed by atoms with Gasteiger partial charge in [0.2, 0.25) is 0 Å². The Morgan fingerprint density at radius 2 is 1.96 bits per heavy atom. The summed E-state index contributed by atoms with van der Waals surface area (Å²) in [6, 6.07) is 9.92. The summed E-state index contributed by atoms with van der Waals surface area (Å²) in [7, 11) is 3.98. The van der Waals surface area contributed by atoms with E-state index in [2.05, 4.69) is 4.90 Å². The number of carbonyl (C=O) groups is 1. The van der Waals surface area contributed by atoms with Crippen molar-refractivity contribution in [2.45, 2.75) is 6.42 Å². The topological polar surface area (TPSA) is 71.8 Å². The molecule has 23 heavy (non-hydrogen) atoms. The molecule has 0 spiro atoms. The number of hydrogen-bond acceptors (Lipinski definition) is 4. The van der Waals surface area contributed by atoms with E-state index in [0.717, 1.165) is 13.0 Å². The lowest BCUT2D eigenvalue weighted by atomic mass is 10.2. The monoisotopic (exact) mass is 316 g/mol. The number of aromatic nitrogens is 1. The summed E-state index contributed by atoms with van der Waals surface area (Å²) < 4.78 is 7.06. The molecule has 0 radical (unpaired) electrons. The van der Waals surface area contributed by atoms with Crippen LogP contribution >= 0.6 is 0 Å². The highest BCUT2D eigenvalue weighted by atomic mass is 16.5. The van der Waals surface area contributed by atoms with Crippen LogP contribution in [0.25, 0.3) is 5.69 Å². The second-order valence-corrected chi connectivity index (χ2v) is 5.38. The summed E-state index contributed by atoms with van der Waals surface area (Å²) in [6.45, 7) is 1.42. The van der Waals surface area contributed by atoms with Crippen LogP contribution in [0.2, 0.25) is 0 Å². The van der Waals surface area contributed by atoms with Gasteiger partial charge < -0.3 is 14.7 Å². The van der Waals surface area contributed by atoms with E-state index in [-0.39, 0.29) is 5.56 Å². The van der Waals surface area contributed by atoms with Crippen LogP contribution in [0.3, 0.4) is 0 Å². The fourth-order valence-corrected chi connectivity index (χ4v) is 2.19. The molecule has 0 bridgehead atoms. The quantitative estimate of drug-likeness (QED) is 0.790. The standard InChI is InChI=1S/C17H20N2O4/c1-18(2)10-6-12-23-15-9-4-3-8-14(15)19-11-5-7-13(16(19)20)17(21)22/h3-5,7-9,11H,6,10,12H2,1-2H3,(H,21,22). The van der Waals surface area contributed by atoms with Gasteiger partial charge in [0.05, 0.1) is 12.3 Å². The van der Waals surface area contributed by atoms with Crippen molar-refractivity contribution in [3.05, 3.63) is 58.5 Å². The first-order valence-electron chi connectivity index (χ1n) is 7.32. The summed E-state index contributed by atoms with van der Waals surface area (Å²) in [6.07, 6.45) is 2.39. The van der Waals surface area contributed by atoms with Crippen LogP contribution in [-0.2, 0) is 0 Å². The highest BCUT2D eigenvalue weighted by Gasteiger charge is 2.13. The van der Waals surface area contributed by atoms with Gasteiger partial charge in [-0.2, -0.15) is 0 Å². The van der Waals surface area contributed by atoms with E-state index in [4.69, 9.17) is 9.84 Å². The van der Waals surface area contributed by atoms with Gasteiger partial charge in [0.25, 0.3) is 5.56 Å². The van der Waals surface area contributed by atoms with Crippen molar-refractivity contribution in [3.8, 4) is 11.4 Å². The lowest BCUT2D eigenvalue weighted by Gasteiger charge is -2.14. The molecule has 1 aromatic heterocycles. The zero-order chi connectivity index (χ0) is 16.8. The van der Waals surface area contributed by atoms with Gasteiger partial charge in [0, 0.05) is 12.7 Å². The van der Waals surface area contributed by atoms with Crippen LogP contribution in [-0.4, -0.2) is 47.8 Å². The highest BCUT2D eigenvalue weighted by Crippen LogP contribution is 2.21. The number of carboxylic acid groups (broad SMARTS) is 1. The van der Waals surface area contributed by atoms with Crippen molar-refractivity contribution in [1.29, 1.82) is 0 Å². The van der Waals surface area contributed by atoms with Crippen molar-refractivity contribution in [2.24, 2.45) is 0 Å². The van der Waals surface area contributed by atoms with E-state index >= 15 is 0 Å². The highest BCUT2D eigenvalue weighted by molar-refractivity contribution is 5.87. The average Bonchev–Trinajstić information content (AvgIpc) is 2.52. The first kappa shape index (κ1) is 16.8. The van der Waals surface area contributed by atoms with Crippen molar-refractivity contribution in [3.63, 3.8) is 0 Å². The number of benzene rings is 1. The Hall–Kier alpha value is -2.60. The van der Waals surface area contributed by atoms with Gasteiger partial charge in [-0.15, -0.1) is 0 Å². The Labute approximate surface area is 134 Å². The number of ether oxygens (including phenoxy) is 1. The van der Waals surface area contributed by atoms with E-state index in [1.54, 1.807) is 18.2 Å². The van der Waals surface area contributed by atoms with E-state index in [1.807, 2.05) is 20.2 Å². The predicted octanol–water partition coefficient (Wildman–Crippen LogP) is 1.87. The Morgan fingerprint density at radius 1 is 1.22 bits per heavy atom. The number of rotatable bonds is 7. The maximum absolute atomic E-state index is 12.3. The maximum atomic E-state index is 12.3. The summed E-state index contributed by atoms with van der Waals surface area (Å²) in [5, 5.41) is 9.08. The molecule has 0 aliphatic carbocycles. The second kappa shape index (κ2) is 7.60. The summed E-state index contributed by atoms with van der Waals surface area (Å²) in [5.41, 5.74) is -0.315. The molecule has 6 nitrogen and oxygen atoms in total.